The van der Waals surface area contributed by atoms with Gasteiger partial charge in [-0.2, -0.15) is 0 Å². The maximum Gasteiger partial charge on any atom is 0.291 e. The number of hydrogen-bond acceptors (Lipinski definition) is 6. The van der Waals surface area contributed by atoms with E-state index in [4.69, 9.17) is 4.42 Å². The largest absolute Gasteiger partial charge is 0.459 e. The van der Waals surface area contributed by atoms with Crippen molar-refractivity contribution in [1.82, 2.24) is 4.98 Å². The summed E-state index contributed by atoms with van der Waals surface area (Å²) in [6.45, 7) is 3.87. The van der Waals surface area contributed by atoms with Gasteiger partial charge in [0.2, 0.25) is 5.91 Å². The molecular weight excluding hydrogens is 418 g/mol. The molecule has 152 valence electrons. The summed E-state index contributed by atoms with van der Waals surface area (Å²) in [6, 6.07) is 16.6. The third-order valence-electron chi connectivity index (χ3n) is 4.29. The van der Waals surface area contributed by atoms with E-state index in [2.05, 4.69) is 21.7 Å². The molecule has 0 fully saturated rings. The predicted octanol–water partition coefficient (Wildman–Crippen LogP) is 5.57. The number of nitrogens with zero attached hydrogens (tertiary/aromatic N) is 1. The summed E-state index contributed by atoms with van der Waals surface area (Å²) in [6.07, 6.45) is 1.45. The lowest BCUT2D eigenvalue weighted by molar-refractivity contribution is -0.115. The molecule has 0 spiro atoms. The van der Waals surface area contributed by atoms with Crippen LogP contribution >= 0.6 is 23.1 Å². The smallest absolute Gasteiger partial charge is 0.291 e. The Morgan fingerprint density at radius 3 is 2.77 bits per heavy atom. The highest BCUT2D eigenvalue weighted by Gasteiger charge is 2.17. The first-order chi connectivity index (χ1) is 14.5. The standard InChI is InChI=1S/C22H19N3O3S2/c1-13-8-9-17-19(11-13)30-22(24-17)25-20(26)14(2)29-16-6-3-5-15(12-16)23-21(27)18-7-4-10-28-18/h3-12,14H,1-2H3,(H,23,27)(H,24,25,26). The van der Waals surface area contributed by atoms with Crippen molar-refractivity contribution in [2.45, 2.75) is 24.0 Å². The molecule has 0 aliphatic carbocycles. The van der Waals surface area contributed by atoms with Gasteiger partial charge < -0.3 is 15.1 Å². The molecule has 8 heteroatoms. The van der Waals surface area contributed by atoms with Crippen LogP contribution < -0.4 is 10.6 Å². The Bertz CT molecular complexity index is 1200. The van der Waals surface area contributed by atoms with E-state index < -0.39 is 0 Å². The van der Waals surface area contributed by atoms with Crippen LogP contribution in [-0.4, -0.2) is 22.0 Å². The summed E-state index contributed by atoms with van der Waals surface area (Å²) in [7, 11) is 0. The van der Waals surface area contributed by atoms with Crippen molar-refractivity contribution in [3.63, 3.8) is 0 Å². The van der Waals surface area contributed by atoms with Crippen LogP contribution in [0.2, 0.25) is 0 Å². The zero-order valence-corrected chi connectivity index (χ0v) is 18.0. The van der Waals surface area contributed by atoms with Gasteiger partial charge in [0.15, 0.2) is 10.9 Å². The average Bonchev–Trinajstić information content (AvgIpc) is 3.37. The fourth-order valence-corrected chi connectivity index (χ4v) is 4.69. The SMILES string of the molecule is Cc1ccc2nc(NC(=O)C(C)Sc3cccc(NC(=O)c4ccco4)c3)sc2c1. The minimum Gasteiger partial charge on any atom is -0.459 e. The molecule has 4 aromatic rings. The number of hydrogen-bond donors (Lipinski definition) is 2. The molecule has 0 aliphatic heterocycles. The predicted molar refractivity (Wildman–Crippen MR) is 121 cm³/mol. The second-order valence-corrected chi connectivity index (χ2v) is 9.14. The monoisotopic (exact) mass is 437 g/mol. The van der Waals surface area contributed by atoms with Crippen LogP contribution in [0.25, 0.3) is 10.2 Å². The fourth-order valence-electron chi connectivity index (χ4n) is 2.80. The number of benzene rings is 2. The van der Waals surface area contributed by atoms with Crippen LogP contribution in [0.15, 0.2) is 70.2 Å². The maximum atomic E-state index is 12.6. The molecule has 1 atom stereocenters. The van der Waals surface area contributed by atoms with Crippen molar-refractivity contribution < 1.29 is 14.0 Å². The average molecular weight is 438 g/mol. The summed E-state index contributed by atoms with van der Waals surface area (Å²) >= 11 is 2.87. The van der Waals surface area contributed by atoms with E-state index >= 15 is 0 Å². The van der Waals surface area contributed by atoms with Gasteiger partial charge in [0, 0.05) is 10.6 Å². The van der Waals surface area contributed by atoms with E-state index in [1.165, 1.54) is 29.4 Å². The molecule has 6 nitrogen and oxygen atoms in total. The van der Waals surface area contributed by atoms with E-state index in [-0.39, 0.29) is 22.8 Å². The van der Waals surface area contributed by atoms with E-state index in [0.29, 0.717) is 10.8 Å². The normalized spacial score (nSPS) is 11.9. The fraction of sp³-hybridized carbons (Fsp3) is 0.136. The number of aromatic nitrogens is 1. The molecule has 0 saturated carbocycles. The third kappa shape index (κ3) is 4.72. The molecule has 4 rings (SSSR count). The van der Waals surface area contributed by atoms with Crippen molar-refractivity contribution in [2.24, 2.45) is 0 Å². The highest BCUT2D eigenvalue weighted by molar-refractivity contribution is 8.00. The zero-order chi connectivity index (χ0) is 21.1. The first-order valence-electron chi connectivity index (χ1n) is 9.27. The summed E-state index contributed by atoms with van der Waals surface area (Å²) in [5, 5.41) is 5.95. The van der Waals surface area contributed by atoms with Gasteiger partial charge in [-0.3, -0.25) is 9.59 Å². The van der Waals surface area contributed by atoms with E-state index in [1.807, 2.05) is 44.2 Å². The Morgan fingerprint density at radius 2 is 1.97 bits per heavy atom. The van der Waals surface area contributed by atoms with Crippen molar-refractivity contribution >= 4 is 55.9 Å². The number of rotatable bonds is 6. The van der Waals surface area contributed by atoms with Crippen molar-refractivity contribution in [1.29, 1.82) is 0 Å². The van der Waals surface area contributed by atoms with Gasteiger partial charge in [-0.25, -0.2) is 4.98 Å². The van der Waals surface area contributed by atoms with Gasteiger partial charge in [0.1, 0.15) is 0 Å². The van der Waals surface area contributed by atoms with E-state index in [0.717, 1.165) is 20.7 Å². The molecule has 2 heterocycles. The Morgan fingerprint density at radius 1 is 1.10 bits per heavy atom. The third-order valence-corrected chi connectivity index (χ3v) is 6.32. The number of anilines is 2. The van der Waals surface area contributed by atoms with Crippen LogP contribution in [0.4, 0.5) is 10.8 Å². The number of furan rings is 1. The molecule has 2 aromatic carbocycles. The summed E-state index contributed by atoms with van der Waals surface area (Å²) in [5.41, 5.74) is 2.67. The number of amides is 2. The van der Waals surface area contributed by atoms with Crippen molar-refractivity contribution in [3.05, 3.63) is 72.2 Å². The molecule has 0 saturated heterocycles. The number of aryl methyl sites for hydroxylation is 1. The van der Waals surface area contributed by atoms with Gasteiger partial charge in [-0.05, 0) is 61.9 Å². The number of carbonyl (C=O) groups is 2. The topological polar surface area (TPSA) is 84.2 Å². The molecule has 2 amide bonds. The van der Waals surface area contributed by atoms with Gasteiger partial charge in [-0.1, -0.05) is 23.5 Å². The van der Waals surface area contributed by atoms with Gasteiger partial charge >= 0.3 is 0 Å². The van der Waals surface area contributed by atoms with Crippen molar-refractivity contribution in [3.8, 4) is 0 Å². The van der Waals surface area contributed by atoms with Gasteiger partial charge in [0.25, 0.3) is 5.91 Å². The molecule has 2 N–H and O–H groups in total. The highest BCUT2D eigenvalue weighted by atomic mass is 32.2. The van der Waals surface area contributed by atoms with Crippen LogP contribution in [0.5, 0.6) is 0 Å². The Labute approximate surface area is 181 Å². The van der Waals surface area contributed by atoms with Crippen LogP contribution in [0.3, 0.4) is 0 Å². The van der Waals surface area contributed by atoms with Crippen molar-refractivity contribution in [2.75, 3.05) is 10.6 Å². The minimum absolute atomic E-state index is 0.124. The Hall–Kier alpha value is -3.10. The number of nitrogens with one attached hydrogen (secondary N) is 2. The van der Waals surface area contributed by atoms with Crippen LogP contribution in [-0.2, 0) is 4.79 Å². The molecule has 0 bridgehead atoms. The lowest BCUT2D eigenvalue weighted by Gasteiger charge is -2.11. The first kappa shape index (κ1) is 20.2. The molecule has 30 heavy (non-hydrogen) atoms. The maximum absolute atomic E-state index is 12.6. The lowest BCUT2D eigenvalue weighted by Crippen LogP contribution is -2.22. The summed E-state index contributed by atoms with van der Waals surface area (Å²) in [5.74, 6) is -0.202. The van der Waals surface area contributed by atoms with Gasteiger partial charge in [-0.15, -0.1) is 11.8 Å². The Balaban J connectivity index is 1.39. The van der Waals surface area contributed by atoms with Crippen LogP contribution in [0, 0.1) is 6.92 Å². The van der Waals surface area contributed by atoms with E-state index in [1.54, 1.807) is 18.2 Å². The molecule has 0 aliphatic rings. The molecular formula is C22H19N3O3S2. The molecule has 0 radical (unpaired) electrons. The zero-order valence-electron chi connectivity index (χ0n) is 16.3. The number of carbonyl (C=O) groups excluding carboxylic acids is 2. The second kappa shape index (κ2) is 8.73. The van der Waals surface area contributed by atoms with E-state index in [9.17, 15) is 9.59 Å². The summed E-state index contributed by atoms with van der Waals surface area (Å²) < 4.78 is 6.15. The number of fused-ring (bicyclic) bond motifs is 1. The number of thiazole rings is 1. The Kier molecular flexibility index (Phi) is 5.87. The quantitative estimate of drug-likeness (QED) is 0.385. The van der Waals surface area contributed by atoms with Gasteiger partial charge in [0.05, 0.1) is 21.7 Å². The number of thioether (sulfide) groups is 1. The summed E-state index contributed by atoms with van der Waals surface area (Å²) in [4.78, 5) is 30.1. The molecule has 1 unspecified atom stereocenters. The van der Waals surface area contributed by atoms with Crippen LogP contribution in [0.1, 0.15) is 23.0 Å². The second-order valence-electron chi connectivity index (χ2n) is 6.70. The highest BCUT2D eigenvalue weighted by Crippen LogP contribution is 2.29. The minimum atomic E-state index is -0.338. The first-order valence-corrected chi connectivity index (χ1v) is 11.0. The lowest BCUT2D eigenvalue weighted by atomic mass is 10.2. The molecule has 2 aromatic heterocycles.